The zero-order valence-electron chi connectivity index (χ0n) is 11.0. The minimum absolute atomic E-state index is 0.218. The zero-order valence-corrected chi connectivity index (χ0v) is 12.6. The van der Waals surface area contributed by atoms with E-state index in [9.17, 15) is 4.39 Å². The van der Waals surface area contributed by atoms with E-state index in [0.29, 0.717) is 23.0 Å². The maximum Gasteiger partial charge on any atom is 0.129 e. The van der Waals surface area contributed by atoms with Gasteiger partial charge in [-0.2, -0.15) is 0 Å². The number of thiophene rings is 1. The van der Waals surface area contributed by atoms with Crippen LogP contribution in [0.25, 0.3) is 0 Å². The molecule has 0 bridgehead atoms. The van der Waals surface area contributed by atoms with Gasteiger partial charge in [-0.25, -0.2) is 4.39 Å². The van der Waals surface area contributed by atoms with Crippen LogP contribution in [0.1, 0.15) is 30.3 Å². The molecule has 0 radical (unpaired) electrons. The van der Waals surface area contributed by atoms with Gasteiger partial charge in [-0.05, 0) is 29.5 Å². The van der Waals surface area contributed by atoms with Crippen molar-refractivity contribution < 1.29 is 4.39 Å². The summed E-state index contributed by atoms with van der Waals surface area (Å²) in [5.74, 6) is 0.179. The maximum absolute atomic E-state index is 13.7. The fourth-order valence-electron chi connectivity index (χ4n) is 2.05. The first-order valence-corrected chi connectivity index (χ1v) is 7.55. The van der Waals surface area contributed by atoms with E-state index in [1.54, 1.807) is 23.5 Å². The predicted octanol–water partition coefficient (Wildman–Crippen LogP) is 5.03. The van der Waals surface area contributed by atoms with Crippen LogP contribution in [0.5, 0.6) is 0 Å². The second-order valence-electron chi connectivity index (χ2n) is 4.82. The molecule has 1 N–H and O–H groups in total. The van der Waals surface area contributed by atoms with Gasteiger partial charge in [0.05, 0.1) is 0 Å². The summed E-state index contributed by atoms with van der Waals surface area (Å²) in [5.41, 5.74) is 0.534. The molecule has 0 aliphatic rings. The molecular weight excluding hydrogens is 281 g/mol. The summed E-state index contributed by atoms with van der Waals surface area (Å²) in [7, 11) is 0. The summed E-state index contributed by atoms with van der Waals surface area (Å²) < 4.78 is 13.7. The number of nitrogens with one attached hydrogen (secondary N) is 1. The van der Waals surface area contributed by atoms with E-state index in [4.69, 9.17) is 11.6 Å². The topological polar surface area (TPSA) is 12.0 Å². The van der Waals surface area contributed by atoms with Gasteiger partial charge in [-0.3, -0.25) is 0 Å². The molecule has 1 atom stereocenters. The quantitative estimate of drug-likeness (QED) is 0.816. The number of hydrogen-bond donors (Lipinski definition) is 1. The third-order valence-corrected chi connectivity index (χ3v) is 4.39. The second-order valence-corrected chi connectivity index (χ2v) is 6.20. The standard InChI is InChI=1S/C15H17ClFNS/c1-10(2)15(14-7-4-8-19-14)18-9-11-12(16)5-3-6-13(11)17/h3-8,10,15,18H,9H2,1-2H3. The first-order valence-electron chi connectivity index (χ1n) is 6.29. The molecule has 0 saturated carbocycles. The Balaban J connectivity index is 2.12. The van der Waals surface area contributed by atoms with Crippen LogP contribution >= 0.6 is 22.9 Å². The molecule has 0 amide bonds. The molecule has 0 fully saturated rings. The zero-order chi connectivity index (χ0) is 13.8. The molecule has 19 heavy (non-hydrogen) atoms. The van der Waals surface area contributed by atoms with Crippen LogP contribution in [0, 0.1) is 11.7 Å². The summed E-state index contributed by atoms with van der Waals surface area (Å²) in [6.45, 7) is 4.74. The summed E-state index contributed by atoms with van der Waals surface area (Å²) in [5, 5.41) is 5.94. The molecule has 102 valence electrons. The summed E-state index contributed by atoms with van der Waals surface area (Å²) >= 11 is 7.75. The molecule has 1 nitrogen and oxygen atoms in total. The minimum Gasteiger partial charge on any atom is -0.305 e. The van der Waals surface area contributed by atoms with Gasteiger partial charge in [0.1, 0.15) is 5.82 Å². The molecule has 2 rings (SSSR count). The molecule has 0 aliphatic heterocycles. The fraction of sp³-hybridized carbons (Fsp3) is 0.333. The van der Waals surface area contributed by atoms with Gasteiger partial charge in [0.15, 0.2) is 0 Å². The van der Waals surface area contributed by atoms with E-state index in [0.717, 1.165) is 0 Å². The van der Waals surface area contributed by atoms with E-state index in [-0.39, 0.29) is 11.9 Å². The Morgan fingerprint density at radius 3 is 2.63 bits per heavy atom. The fourth-order valence-corrected chi connectivity index (χ4v) is 3.25. The van der Waals surface area contributed by atoms with Crippen LogP contribution in [0.15, 0.2) is 35.7 Å². The maximum atomic E-state index is 13.7. The molecule has 1 aromatic carbocycles. The third-order valence-electron chi connectivity index (χ3n) is 3.08. The van der Waals surface area contributed by atoms with E-state index in [2.05, 4.69) is 30.6 Å². The average Bonchev–Trinajstić information content (AvgIpc) is 2.86. The summed E-state index contributed by atoms with van der Waals surface area (Å²) in [6.07, 6.45) is 0. The van der Waals surface area contributed by atoms with Crippen molar-refractivity contribution in [3.63, 3.8) is 0 Å². The number of halogens is 2. The number of benzene rings is 1. The van der Waals surface area contributed by atoms with Crippen molar-refractivity contribution in [1.29, 1.82) is 0 Å². The average molecular weight is 298 g/mol. The smallest absolute Gasteiger partial charge is 0.129 e. The summed E-state index contributed by atoms with van der Waals surface area (Å²) in [4.78, 5) is 1.27. The van der Waals surface area contributed by atoms with Crippen molar-refractivity contribution in [1.82, 2.24) is 5.32 Å². The lowest BCUT2D eigenvalue weighted by atomic mass is 10.0. The van der Waals surface area contributed by atoms with Crippen molar-refractivity contribution in [2.75, 3.05) is 0 Å². The van der Waals surface area contributed by atoms with Crippen molar-refractivity contribution in [2.24, 2.45) is 5.92 Å². The largest absolute Gasteiger partial charge is 0.305 e. The highest BCUT2D eigenvalue weighted by atomic mass is 35.5. The lowest BCUT2D eigenvalue weighted by Gasteiger charge is -2.21. The predicted molar refractivity (Wildman–Crippen MR) is 80.1 cm³/mol. The molecule has 4 heteroatoms. The normalized spacial score (nSPS) is 12.9. The van der Waals surface area contributed by atoms with Crippen LogP contribution in [0.2, 0.25) is 5.02 Å². The molecule has 1 unspecified atom stereocenters. The highest BCUT2D eigenvalue weighted by molar-refractivity contribution is 7.10. The molecule has 0 spiro atoms. The second kappa shape index (κ2) is 6.51. The Morgan fingerprint density at radius 1 is 1.26 bits per heavy atom. The monoisotopic (exact) mass is 297 g/mol. The van der Waals surface area contributed by atoms with Crippen LogP contribution < -0.4 is 5.32 Å². The Bertz CT molecular complexity index is 505. The molecule has 2 aromatic rings. The molecule has 0 saturated heterocycles. The lowest BCUT2D eigenvalue weighted by molar-refractivity contribution is 0.412. The van der Waals surface area contributed by atoms with E-state index < -0.39 is 0 Å². The van der Waals surface area contributed by atoms with E-state index >= 15 is 0 Å². The Labute approximate surface area is 122 Å². The van der Waals surface area contributed by atoms with Gasteiger partial charge in [0.25, 0.3) is 0 Å². The molecular formula is C15H17ClFNS. The van der Waals surface area contributed by atoms with Crippen LogP contribution in [0.4, 0.5) is 4.39 Å². The first kappa shape index (κ1) is 14.5. The van der Waals surface area contributed by atoms with Gasteiger partial charge in [-0.15, -0.1) is 11.3 Å². The first-order chi connectivity index (χ1) is 9.09. The van der Waals surface area contributed by atoms with Gasteiger partial charge in [0, 0.05) is 28.0 Å². The Hall–Kier alpha value is -0.900. The minimum atomic E-state index is -0.256. The Morgan fingerprint density at radius 2 is 2.05 bits per heavy atom. The van der Waals surface area contributed by atoms with E-state index in [1.807, 2.05) is 6.07 Å². The van der Waals surface area contributed by atoms with Crippen molar-refractivity contribution in [2.45, 2.75) is 26.4 Å². The number of hydrogen-bond acceptors (Lipinski definition) is 2. The highest BCUT2D eigenvalue weighted by Crippen LogP contribution is 2.27. The Kier molecular flexibility index (Phi) is 4.97. The third kappa shape index (κ3) is 3.56. The van der Waals surface area contributed by atoms with E-state index in [1.165, 1.54) is 10.9 Å². The van der Waals surface area contributed by atoms with Crippen LogP contribution in [0.3, 0.4) is 0 Å². The lowest BCUT2D eigenvalue weighted by Crippen LogP contribution is -2.25. The van der Waals surface area contributed by atoms with Crippen molar-refractivity contribution >= 4 is 22.9 Å². The van der Waals surface area contributed by atoms with Crippen LogP contribution in [-0.2, 0) is 6.54 Å². The summed E-state index contributed by atoms with van der Waals surface area (Å²) in [6, 6.07) is 9.14. The molecule has 0 aliphatic carbocycles. The van der Waals surface area contributed by atoms with Gasteiger partial charge < -0.3 is 5.32 Å². The van der Waals surface area contributed by atoms with Gasteiger partial charge in [0.2, 0.25) is 0 Å². The number of rotatable bonds is 5. The molecule has 1 aromatic heterocycles. The molecule has 1 heterocycles. The SMILES string of the molecule is CC(C)C(NCc1c(F)cccc1Cl)c1cccs1. The van der Waals surface area contributed by atoms with Gasteiger partial charge in [-0.1, -0.05) is 37.6 Å². The van der Waals surface area contributed by atoms with Crippen molar-refractivity contribution in [3.05, 3.63) is 57.0 Å². The van der Waals surface area contributed by atoms with Crippen LogP contribution in [-0.4, -0.2) is 0 Å². The van der Waals surface area contributed by atoms with Crippen molar-refractivity contribution in [3.8, 4) is 0 Å². The highest BCUT2D eigenvalue weighted by Gasteiger charge is 2.17. The van der Waals surface area contributed by atoms with Gasteiger partial charge >= 0.3 is 0 Å².